The largest absolute Gasteiger partial charge is 0.331 e. The molecule has 0 radical (unpaired) electrons. The van der Waals surface area contributed by atoms with Crippen LogP contribution in [0.4, 0.5) is 0 Å². The van der Waals surface area contributed by atoms with Crippen molar-refractivity contribution in [1.82, 2.24) is 0 Å². The first-order chi connectivity index (χ1) is 4.06. The van der Waals surface area contributed by atoms with Gasteiger partial charge in [0.05, 0.1) is 27.7 Å². The van der Waals surface area contributed by atoms with Crippen molar-refractivity contribution in [2.24, 2.45) is 0 Å². The summed E-state index contributed by atoms with van der Waals surface area (Å²) in [5.41, 5.74) is 0. The van der Waals surface area contributed by atoms with Crippen molar-refractivity contribution in [3.8, 4) is 12.3 Å². The summed E-state index contributed by atoms with van der Waals surface area (Å²) >= 11 is 0. The molecule has 0 aromatic heterocycles. The van der Waals surface area contributed by atoms with Crippen LogP contribution in [0.15, 0.2) is 0 Å². The van der Waals surface area contributed by atoms with Crippen molar-refractivity contribution in [1.29, 1.82) is 0 Å². The van der Waals surface area contributed by atoms with E-state index in [-0.39, 0.29) is 0 Å². The lowest BCUT2D eigenvalue weighted by molar-refractivity contribution is -0.870. The highest BCUT2D eigenvalue weighted by atomic mass is 15.3. The normalized spacial score (nSPS) is 10.9. The van der Waals surface area contributed by atoms with Crippen molar-refractivity contribution in [2.75, 3.05) is 27.7 Å². The van der Waals surface area contributed by atoms with Gasteiger partial charge in [0.25, 0.3) is 0 Å². The Bertz CT molecular complexity index is 103. The Morgan fingerprint density at radius 3 is 2.22 bits per heavy atom. The molecule has 9 heavy (non-hydrogen) atoms. The number of hydrogen-bond acceptors (Lipinski definition) is 0. The summed E-state index contributed by atoms with van der Waals surface area (Å²) in [7, 11) is 6.53. The maximum absolute atomic E-state index is 5.10. The van der Waals surface area contributed by atoms with E-state index in [4.69, 9.17) is 6.42 Å². The Kier molecular flexibility index (Phi) is 3.34. The number of nitrogens with zero attached hydrogens (tertiary/aromatic N) is 1. The molecule has 0 aromatic rings. The van der Waals surface area contributed by atoms with E-state index < -0.39 is 0 Å². The van der Waals surface area contributed by atoms with Gasteiger partial charge < -0.3 is 4.48 Å². The van der Waals surface area contributed by atoms with Gasteiger partial charge in [-0.3, -0.25) is 0 Å². The zero-order valence-electron chi connectivity index (χ0n) is 6.65. The van der Waals surface area contributed by atoms with Gasteiger partial charge in [0.15, 0.2) is 0 Å². The smallest absolute Gasteiger partial charge is 0.0789 e. The molecule has 0 bridgehead atoms. The van der Waals surface area contributed by atoms with Crippen LogP contribution in [-0.2, 0) is 0 Å². The van der Waals surface area contributed by atoms with E-state index in [1.165, 1.54) is 6.54 Å². The summed E-state index contributed by atoms with van der Waals surface area (Å²) in [5.74, 6) is 2.63. The van der Waals surface area contributed by atoms with Crippen molar-refractivity contribution in [2.45, 2.75) is 12.8 Å². The quantitative estimate of drug-likeness (QED) is 0.302. The van der Waals surface area contributed by atoms with E-state index in [1.54, 1.807) is 0 Å². The van der Waals surface area contributed by atoms with Crippen LogP contribution in [0.25, 0.3) is 0 Å². The van der Waals surface area contributed by atoms with Crippen LogP contribution in [0.1, 0.15) is 12.8 Å². The van der Waals surface area contributed by atoms with Gasteiger partial charge in [-0.25, -0.2) is 0 Å². The van der Waals surface area contributed by atoms with Crippen LogP contribution in [0.5, 0.6) is 0 Å². The Morgan fingerprint density at radius 2 is 1.89 bits per heavy atom. The zero-order valence-corrected chi connectivity index (χ0v) is 6.65. The van der Waals surface area contributed by atoms with Gasteiger partial charge in [-0.2, -0.15) is 0 Å². The van der Waals surface area contributed by atoms with Crippen LogP contribution >= 0.6 is 0 Å². The summed E-state index contributed by atoms with van der Waals surface area (Å²) in [6, 6.07) is 0. The minimum Gasteiger partial charge on any atom is -0.331 e. The predicted molar refractivity (Wildman–Crippen MR) is 41.0 cm³/mol. The highest BCUT2D eigenvalue weighted by molar-refractivity contribution is 4.82. The first kappa shape index (κ1) is 8.52. The second-order valence-corrected chi connectivity index (χ2v) is 3.32. The van der Waals surface area contributed by atoms with Gasteiger partial charge in [0, 0.05) is 12.8 Å². The third-order valence-corrected chi connectivity index (χ3v) is 1.15. The van der Waals surface area contributed by atoms with Gasteiger partial charge in [-0.05, 0) is 0 Å². The Labute approximate surface area is 58.3 Å². The van der Waals surface area contributed by atoms with Crippen LogP contribution in [0.3, 0.4) is 0 Å². The Hall–Kier alpha value is -0.480. The van der Waals surface area contributed by atoms with E-state index in [0.29, 0.717) is 0 Å². The van der Waals surface area contributed by atoms with Gasteiger partial charge in [-0.1, -0.05) is 0 Å². The van der Waals surface area contributed by atoms with E-state index in [2.05, 4.69) is 27.1 Å². The summed E-state index contributed by atoms with van der Waals surface area (Å²) in [6.07, 6.45) is 7.15. The molecule has 0 N–H and O–H groups in total. The standard InChI is InChI=1S/C8H16N/c1-5-6-7-8-9(2,3)4/h1H,6-8H2,2-4H3/q+1. The van der Waals surface area contributed by atoms with Gasteiger partial charge >= 0.3 is 0 Å². The molecular weight excluding hydrogens is 110 g/mol. The fourth-order valence-corrected chi connectivity index (χ4v) is 0.655. The highest BCUT2D eigenvalue weighted by Crippen LogP contribution is 1.95. The summed E-state index contributed by atoms with van der Waals surface area (Å²) in [4.78, 5) is 0. The molecule has 52 valence electrons. The molecule has 0 aliphatic carbocycles. The fraction of sp³-hybridized carbons (Fsp3) is 0.750. The topological polar surface area (TPSA) is 0 Å². The SMILES string of the molecule is C#CCCC[N+](C)(C)C. The first-order valence-electron chi connectivity index (χ1n) is 3.30. The molecular formula is C8H16N+. The molecule has 0 spiro atoms. The third kappa shape index (κ3) is 7.52. The molecule has 0 aromatic carbocycles. The van der Waals surface area contributed by atoms with Gasteiger partial charge in [0.1, 0.15) is 0 Å². The molecule has 0 amide bonds. The Balaban J connectivity index is 3.20. The summed E-state index contributed by atoms with van der Waals surface area (Å²) in [6.45, 7) is 1.17. The summed E-state index contributed by atoms with van der Waals surface area (Å²) in [5, 5.41) is 0. The van der Waals surface area contributed by atoms with E-state index >= 15 is 0 Å². The van der Waals surface area contributed by atoms with Crippen LogP contribution in [0.2, 0.25) is 0 Å². The third-order valence-electron chi connectivity index (χ3n) is 1.15. The minimum absolute atomic E-state index is 0.912. The van der Waals surface area contributed by atoms with Crippen molar-refractivity contribution >= 4 is 0 Å². The second kappa shape index (κ2) is 3.53. The lowest BCUT2D eigenvalue weighted by atomic mass is 10.3. The number of unbranched alkanes of at least 4 members (excludes halogenated alkanes) is 1. The second-order valence-electron chi connectivity index (χ2n) is 3.32. The molecule has 0 heterocycles. The molecule has 0 fully saturated rings. The lowest BCUT2D eigenvalue weighted by Crippen LogP contribution is -2.35. The average Bonchev–Trinajstić information content (AvgIpc) is 1.63. The van der Waals surface area contributed by atoms with Crippen LogP contribution in [-0.4, -0.2) is 32.2 Å². The fourth-order valence-electron chi connectivity index (χ4n) is 0.655. The van der Waals surface area contributed by atoms with Crippen LogP contribution in [0, 0.1) is 12.3 Å². The molecule has 0 unspecified atom stereocenters. The van der Waals surface area contributed by atoms with Crippen molar-refractivity contribution < 1.29 is 4.48 Å². The number of terminal acetylenes is 1. The molecule has 0 saturated heterocycles. The molecule has 0 atom stereocenters. The van der Waals surface area contributed by atoms with Crippen molar-refractivity contribution in [3.05, 3.63) is 0 Å². The maximum Gasteiger partial charge on any atom is 0.0789 e. The zero-order chi connectivity index (χ0) is 7.33. The molecule has 0 aliphatic rings. The van der Waals surface area contributed by atoms with Gasteiger partial charge in [-0.15, -0.1) is 12.3 Å². The lowest BCUT2D eigenvalue weighted by Gasteiger charge is -2.23. The minimum atomic E-state index is 0.912. The number of hydrogen-bond donors (Lipinski definition) is 0. The summed E-state index contributed by atoms with van der Waals surface area (Å²) < 4.78 is 1.02. The molecule has 1 nitrogen and oxygen atoms in total. The average molecular weight is 126 g/mol. The van der Waals surface area contributed by atoms with Gasteiger partial charge in [0.2, 0.25) is 0 Å². The molecule has 0 rings (SSSR count). The number of rotatable bonds is 3. The molecule has 0 saturated carbocycles. The highest BCUT2D eigenvalue weighted by Gasteiger charge is 2.03. The van der Waals surface area contributed by atoms with Crippen LogP contribution < -0.4 is 0 Å². The first-order valence-corrected chi connectivity index (χ1v) is 3.30. The molecule has 0 aliphatic heterocycles. The van der Waals surface area contributed by atoms with E-state index in [1.807, 2.05) is 0 Å². The van der Waals surface area contributed by atoms with E-state index in [0.717, 1.165) is 17.3 Å². The van der Waals surface area contributed by atoms with Crippen molar-refractivity contribution in [3.63, 3.8) is 0 Å². The maximum atomic E-state index is 5.10. The number of quaternary nitrogens is 1. The monoisotopic (exact) mass is 126 g/mol. The predicted octanol–water partition coefficient (Wildman–Crippen LogP) is 1.11. The molecule has 1 heteroatoms. The Morgan fingerprint density at radius 1 is 1.33 bits per heavy atom. The van der Waals surface area contributed by atoms with E-state index in [9.17, 15) is 0 Å².